The van der Waals surface area contributed by atoms with Crippen molar-refractivity contribution in [3.8, 4) is 11.6 Å². The van der Waals surface area contributed by atoms with Crippen LogP contribution in [0.5, 0.6) is 11.6 Å². The Bertz CT molecular complexity index is 641. The quantitative estimate of drug-likeness (QED) is 0.851. The van der Waals surface area contributed by atoms with E-state index in [9.17, 15) is 17.6 Å². The third kappa shape index (κ3) is 3.17. The van der Waals surface area contributed by atoms with Crippen LogP contribution in [0.4, 0.5) is 23.4 Å². The number of nitrogens with two attached hydrogens (primary N) is 1. The van der Waals surface area contributed by atoms with Crippen LogP contribution in [-0.4, -0.2) is 4.98 Å². The Balaban J connectivity index is 2.39. The summed E-state index contributed by atoms with van der Waals surface area (Å²) in [6.07, 6.45) is -4.58. The van der Waals surface area contributed by atoms with Gasteiger partial charge in [-0.3, -0.25) is 0 Å². The van der Waals surface area contributed by atoms with E-state index in [0.717, 1.165) is 6.07 Å². The average molecular weight is 286 g/mol. The Morgan fingerprint density at radius 1 is 1.15 bits per heavy atom. The lowest BCUT2D eigenvalue weighted by molar-refractivity contribution is -0.137. The SMILES string of the molecule is Cc1ccc(F)c(Oc2cc(C(F)(F)F)cc(N)n2)c1. The summed E-state index contributed by atoms with van der Waals surface area (Å²) in [5.74, 6) is -1.69. The Hall–Kier alpha value is -2.31. The zero-order chi connectivity index (χ0) is 14.9. The molecule has 2 rings (SSSR count). The summed E-state index contributed by atoms with van der Waals surface area (Å²) in [5.41, 5.74) is 4.98. The third-order valence-electron chi connectivity index (χ3n) is 2.45. The number of benzene rings is 1. The van der Waals surface area contributed by atoms with Crippen LogP contribution in [0.2, 0.25) is 0 Å². The molecule has 2 aromatic rings. The number of halogens is 4. The van der Waals surface area contributed by atoms with Crippen molar-refractivity contribution in [3.63, 3.8) is 0 Å². The summed E-state index contributed by atoms with van der Waals surface area (Å²) >= 11 is 0. The second kappa shape index (κ2) is 4.99. The van der Waals surface area contributed by atoms with Crippen molar-refractivity contribution in [2.45, 2.75) is 13.1 Å². The summed E-state index contributed by atoms with van der Waals surface area (Å²) in [4.78, 5) is 3.60. The van der Waals surface area contributed by atoms with Crippen molar-refractivity contribution in [2.75, 3.05) is 5.73 Å². The van der Waals surface area contributed by atoms with Crippen LogP contribution in [0, 0.1) is 12.7 Å². The highest BCUT2D eigenvalue weighted by Crippen LogP contribution is 2.33. The van der Waals surface area contributed by atoms with Crippen LogP contribution in [0.25, 0.3) is 0 Å². The monoisotopic (exact) mass is 286 g/mol. The molecule has 20 heavy (non-hydrogen) atoms. The van der Waals surface area contributed by atoms with Crippen LogP contribution in [0.3, 0.4) is 0 Å². The average Bonchev–Trinajstić information content (AvgIpc) is 2.32. The lowest BCUT2D eigenvalue weighted by Gasteiger charge is -2.11. The molecular formula is C13H10F4N2O. The highest BCUT2D eigenvalue weighted by molar-refractivity contribution is 5.41. The van der Waals surface area contributed by atoms with E-state index in [0.29, 0.717) is 17.7 Å². The van der Waals surface area contributed by atoms with E-state index in [1.54, 1.807) is 6.92 Å². The highest BCUT2D eigenvalue weighted by atomic mass is 19.4. The van der Waals surface area contributed by atoms with Gasteiger partial charge in [0, 0.05) is 6.07 Å². The second-order valence-corrected chi connectivity index (χ2v) is 4.15. The first kappa shape index (κ1) is 14.1. The molecule has 1 aromatic carbocycles. The minimum atomic E-state index is -4.58. The van der Waals surface area contributed by atoms with Gasteiger partial charge in [0.1, 0.15) is 5.82 Å². The molecule has 2 N–H and O–H groups in total. The fourth-order valence-electron chi connectivity index (χ4n) is 1.54. The molecule has 0 amide bonds. The van der Waals surface area contributed by atoms with Crippen LogP contribution < -0.4 is 10.5 Å². The van der Waals surface area contributed by atoms with Crippen molar-refractivity contribution in [1.82, 2.24) is 4.98 Å². The number of anilines is 1. The van der Waals surface area contributed by atoms with Gasteiger partial charge in [-0.05, 0) is 30.7 Å². The number of nitrogens with zero attached hydrogens (tertiary/aromatic N) is 1. The number of alkyl halides is 3. The zero-order valence-corrected chi connectivity index (χ0v) is 10.3. The molecule has 0 unspecified atom stereocenters. The van der Waals surface area contributed by atoms with Gasteiger partial charge in [0.25, 0.3) is 0 Å². The van der Waals surface area contributed by atoms with Crippen molar-refractivity contribution < 1.29 is 22.3 Å². The molecule has 106 valence electrons. The van der Waals surface area contributed by atoms with E-state index in [1.165, 1.54) is 12.1 Å². The molecule has 1 heterocycles. The number of hydrogen-bond donors (Lipinski definition) is 1. The molecule has 3 nitrogen and oxygen atoms in total. The summed E-state index contributed by atoms with van der Waals surface area (Å²) in [5, 5.41) is 0. The van der Waals surface area contributed by atoms with Gasteiger partial charge >= 0.3 is 6.18 Å². The number of hydrogen-bond acceptors (Lipinski definition) is 3. The van der Waals surface area contributed by atoms with Gasteiger partial charge in [-0.1, -0.05) is 6.07 Å². The van der Waals surface area contributed by atoms with Gasteiger partial charge in [0.2, 0.25) is 5.88 Å². The maximum Gasteiger partial charge on any atom is 0.416 e. The van der Waals surface area contributed by atoms with Gasteiger partial charge in [0.05, 0.1) is 5.56 Å². The molecule has 0 saturated carbocycles. The Kier molecular flexibility index (Phi) is 3.52. The molecule has 0 fully saturated rings. The molecule has 1 aromatic heterocycles. The summed E-state index contributed by atoms with van der Waals surface area (Å²) in [7, 11) is 0. The predicted octanol–water partition coefficient (Wildman–Crippen LogP) is 3.92. The molecule has 0 aliphatic rings. The fourth-order valence-corrected chi connectivity index (χ4v) is 1.54. The first-order valence-corrected chi connectivity index (χ1v) is 5.54. The zero-order valence-electron chi connectivity index (χ0n) is 10.3. The largest absolute Gasteiger partial charge is 0.436 e. The summed E-state index contributed by atoms with van der Waals surface area (Å²) in [6, 6.07) is 5.36. The molecule has 0 spiro atoms. The Morgan fingerprint density at radius 3 is 2.50 bits per heavy atom. The second-order valence-electron chi connectivity index (χ2n) is 4.15. The normalized spacial score (nSPS) is 11.4. The van der Waals surface area contributed by atoms with Crippen molar-refractivity contribution in [2.24, 2.45) is 0 Å². The molecule has 0 aliphatic heterocycles. The minimum absolute atomic E-state index is 0.212. The molecule has 0 bridgehead atoms. The van der Waals surface area contributed by atoms with E-state index in [4.69, 9.17) is 10.5 Å². The van der Waals surface area contributed by atoms with E-state index in [1.807, 2.05) is 0 Å². The topological polar surface area (TPSA) is 48.1 Å². The van der Waals surface area contributed by atoms with Crippen LogP contribution >= 0.6 is 0 Å². The number of nitrogen functional groups attached to an aromatic ring is 1. The maximum atomic E-state index is 13.5. The first-order chi connectivity index (χ1) is 9.25. The predicted molar refractivity (Wildman–Crippen MR) is 64.9 cm³/mol. The number of ether oxygens (including phenoxy) is 1. The molecular weight excluding hydrogens is 276 g/mol. The summed E-state index contributed by atoms with van der Waals surface area (Å²) in [6.45, 7) is 1.69. The van der Waals surface area contributed by atoms with Crippen molar-refractivity contribution >= 4 is 5.82 Å². The van der Waals surface area contributed by atoms with E-state index in [2.05, 4.69) is 4.98 Å². The fraction of sp³-hybridized carbons (Fsp3) is 0.154. The maximum absolute atomic E-state index is 13.5. The molecule has 0 atom stereocenters. The van der Waals surface area contributed by atoms with E-state index in [-0.39, 0.29) is 11.6 Å². The Labute approximate surface area is 112 Å². The number of aryl methyl sites for hydroxylation is 1. The van der Waals surface area contributed by atoms with Gasteiger partial charge in [-0.15, -0.1) is 0 Å². The van der Waals surface area contributed by atoms with Crippen LogP contribution in [-0.2, 0) is 6.18 Å². The summed E-state index contributed by atoms with van der Waals surface area (Å²) < 4.78 is 56.4. The van der Waals surface area contributed by atoms with Crippen molar-refractivity contribution in [3.05, 3.63) is 47.3 Å². The van der Waals surface area contributed by atoms with Crippen LogP contribution in [0.15, 0.2) is 30.3 Å². The standard InChI is InChI=1S/C13H10F4N2O/c1-7-2-3-9(14)10(4-7)20-12-6-8(13(15,16)17)5-11(18)19-12/h2-6H,1H3,(H2,18,19). The van der Waals surface area contributed by atoms with Crippen LogP contribution in [0.1, 0.15) is 11.1 Å². The van der Waals surface area contributed by atoms with Gasteiger partial charge in [-0.25, -0.2) is 4.39 Å². The van der Waals surface area contributed by atoms with Gasteiger partial charge in [0.15, 0.2) is 11.6 Å². The van der Waals surface area contributed by atoms with Gasteiger partial charge < -0.3 is 10.5 Å². The van der Waals surface area contributed by atoms with E-state index < -0.39 is 23.4 Å². The molecule has 0 radical (unpaired) electrons. The highest BCUT2D eigenvalue weighted by Gasteiger charge is 2.31. The lowest BCUT2D eigenvalue weighted by Crippen LogP contribution is -2.07. The molecule has 0 aliphatic carbocycles. The molecule has 7 heteroatoms. The number of aromatic nitrogens is 1. The smallest absolute Gasteiger partial charge is 0.416 e. The molecule has 0 saturated heterocycles. The number of rotatable bonds is 2. The van der Waals surface area contributed by atoms with Gasteiger partial charge in [-0.2, -0.15) is 18.2 Å². The number of pyridine rings is 1. The minimum Gasteiger partial charge on any atom is -0.436 e. The Morgan fingerprint density at radius 2 is 1.85 bits per heavy atom. The lowest BCUT2D eigenvalue weighted by atomic mass is 10.2. The van der Waals surface area contributed by atoms with Crippen molar-refractivity contribution in [1.29, 1.82) is 0 Å². The third-order valence-corrected chi connectivity index (χ3v) is 2.45. The first-order valence-electron chi connectivity index (χ1n) is 5.54. The van der Waals surface area contributed by atoms with E-state index >= 15 is 0 Å².